The van der Waals surface area contributed by atoms with Crippen LogP contribution in [0.5, 0.6) is 0 Å². The first-order valence-electron chi connectivity index (χ1n) is 0.365. The van der Waals surface area contributed by atoms with Crippen LogP contribution >= 0.6 is 0 Å². The Morgan fingerprint density at radius 3 is 1.25 bits per heavy atom. The third kappa shape index (κ3) is 22.3. The molecule has 0 aliphatic rings. The van der Waals surface area contributed by atoms with Gasteiger partial charge in [-0.05, 0) is 0 Å². The van der Waals surface area contributed by atoms with E-state index in [-0.39, 0.29) is 19.5 Å². The Morgan fingerprint density at radius 2 is 1.25 bits per heavy atom. The van der Waals surface area contributed by atoms with E-state index in [0.717, 1.165) is 0 Å². The van der Waals surface area contributed by atoms with Gasteiger partial charge in [0.1, 0.15) is 0 Å². The van der Waals surface area contributed by atoms with E-state index in [1.807, 2.05) is 0 Å². The summed E-state index contributed by atoms with van der Waals surface area (Å²) in [4.78, 5) is 0. The fraction of sp³-hybridized carbons (Fsp3) is 0. The molecule has 4 heteroatoms. The number of rotatable bonds is 0. The second-order valence-electron chi connectivity index (χ2n) is 0.0816. The summed E-state index contributed by atoms with van der Waals surface area (Å²) < 4.78 is 0. The van der Waals surface area contributed by atoms with E-state index in [0.29, 0.717) is 0 Å². The van der Waals surface area contributed by atoms with Crippen molar-refractivity contribution in [2.75, 3.05) is 0 Å². The Hall–Kier alpha value is 0.503. The van der Waals surface area contributed by atoms with Crippen LogP contribution in [0.3, 0.4) is 0 Å². The number of hydrogen-bond donors (Lipinski definition) is 2. The first kappa shape index (κ1) is 8.82. The molecule has 3 nitrogen and oxygen atoms in total. The van der Waals surface area contributed by atoms with Crippen LogP contribution in [0.1, 0.15) is 0 Å². The molecule has 0 bridgehead atoms. The zero-order valence-electron chi connectivity index (χ0n) is 1.64. The van der Waals surface area contributed by atoms with Gasteiger partial charge in [-0.25, -0.2) is 10.5 Å². The normalized spacial score (nSPS) is 4.50. The van der Waals surface area contributed by atoms with Crippen LogP contribution in [0.4, 0.5) is 0 Å². The summed E-state index contributed by atoms with van der Waals surface area (Å²) in [7, 11) is 0. The van der Waals surface area contributed by atoms with Crippen LogP contribution in [0, 0.1) is 0 Å². The van der Waals surface area contributed by atoms with E-state index < -0.39 is 0 Å². The summed E-state index contributed by atoms with van der Waals surface area (Å²) in [6.07, 6.45) is 0. The zero-order chi connectivity index (χ0) is 2.71. The Bertz CT molecular complexity index is 3.25. The molecule has 2 N–H and O–H groups in total. The minimum absolute atomic E-state index is 0. The fourth-order valence-corrected chi connectivity index (χ4v) is 0. The zero-order valence-corrected chi connectivity index (χ0v) is 3.27. The Kier molecular flexibility index (Phi) is 21.4. The Morgan fingerprint density at radius 1 is 1.25 bits per heavy atom. The van der Waals surface area contributed by atoms with Crippen molar-refractivity contribution in [1.29, 1.82) is 0 Å². The maximum absolute atomic E-state index is 6.62. The molecule has 4 heavy (non-hydrogen) atoms. The Labute approximate surface area is 35.8 Å². The third-order valence-corrected chi connectivity index (χ3v) is 0. The summed E-state index contributed by atoms with van der Waals surface area (Å²) in [5, 5.41) is 15.5. The van der Waals surface area contributed by atoms with E-state index in [4.69, 9.17) is 10.5 Å². The summed E-state index contributed by atoms with van der Waals surface area (Å²) in [5.74, 6) is 0. The van der Waals surface area contributed by atoms with Crippen LogP contribution in [0.2, 0.25) is 0 Å². The van der Waals surface area contributed by atoms with Crippen molar-refractivity contribution in [2.45, 2.75) is 0 Å². The molecule has 0 aromatic heterocycles. The predicted octanol–water partition coefficient (Wildman–Crippen LogP) is -0.0535. The van der Waals surface area contributed by atoms with Gasteiger partial charge < -0.3 is 0 Å². The Balaban J connectivity index is 0. The number of hydrogen-bond acceptors (Lipinski definition) is 3. The second kappa shape index (κ2) is 9.71. The monoisotopic (exact) mass is 153 g/mol. The summed E-state index contributed by atoms with van der Waals surface area (Å²) in [6, 6.07) is 0. The first-order valence-corrected chi connectivity index (χ1v) is 0.365. The molecule has 0 spiro atoms. The van der Waals surface area contributed by atoms with Gasteiger partial charge in [-0.15, -0.1) is 0 Å². The van der Waals surface area contributed by atoms with Crippen molar-refractivity contribution in [3.05, 3.63) is 0 Å². The van der Waals surface area contributed by atoms with Crippen molar-refractivity contribution in [3.8, 4) is 0 Å². The fourth-order valence-electron chi connectivity index (χ4n) is 0. The minimum atomic E-state index is 0. The summed E-state index contributed by atoms with van der Waals surface area (Å²) in [5.41, 5.74) is 0. The van der Waals surface area contributed by atoms with Gasteiger partial charge in [-0.3, -0.25) is 0 Å². The van der Waals surface area contributed by atoms with Crippen LogP contribution in [-0.2, 0) is 24.5 Å². The van der Waals surface area contributed by atoms with Crippen molar-refractivity contribution < 1.29 is 35.0 Å². The van der Waals surface area contributed by atoms with Crippen LogP contribution in [0.15, 0.2) is 0 Å². The van der Waals surface area contributed by atoms with E-state index in [2.05, 4.69) is 5.04 Å². The van der Waals surface area contributed by atoms with Gasteiger partial charge in [-0.1, -0.05) is 5.04 Å². The molecule has 0 aromatic carbocycles. The summed E-state index contributed by atoms with van der Waals surface area (Å²) in [6.45, 7) is 0. The molecule has 0 atom stereocenters. The molecule has 0 rings (SSSR count). The second-order valence-corrected chi connectivity index (χ2v) is 0.0816. The topological polar surface area (TPSA) is 49.7 Å². The van der Waals surface area contributed by atoms with Gasteiger partial charge >= 0.3 is 0 Å². The van der Waals surface area contributed by atoms with Gasteiger partial charge in [-0.2, -0.15) is 0 Å². The van der Waals surface area contributed by atoms with E-state index in [1.54, 1.807) is 0 Å². The van der Waals surface area contributed by atoms with Gasteiger partial charge in [0.2, 0.25) is 0 Å². The standard InChI is InChI=1S/H2O3.Rh/c1-3-2;/h1-2H;. The van der Waals surface area contributed by atoms with Gasteiger partial charge in [0.15, 0.2) is 0 Å². The molecule has 0 aliphatic carbocycles. The average Bonchev–Trinajstić information content (AvgIpc) is 0.918. The predicted molar refractivity (Wildman–Crippen MR) is 6.34 cm³/mol. The summed E-state index contributed by atoms with van der Waals surface area (Å²) >= 11 is 0. The SMILES string of the molecule is OOO.[Rh]. The molecule has 0 saturated carbocycles. The molecule has 0 heterocycles. The van der Waals surface area contributed by atoms with Gasteiger partial charge in [0, 0.05) is 19.5 Å². The van der Waals surface area contributed by atoms with E-state index in [9.17, 15) is 0 Å². The molecule has 0 aliphatic heterocycles. The maximum Gasteiger partial charge on any atom is 0 e. The average molecular weight is 153 g/mol. The van der Waals surface area contributed by atoms with Crippen molar-refractivity contribution >= 4 is 0 Å². The van der Waals surface area contributed by atoms with Crippen molar-refractivity contribution in [3.63, 3.8) is 0 Å². The molecule has 29 valence electrons. The smallest absolute Gasteiger partial charge is 0 e. The molecule has 0 amide bonds. The molecule has 1 radical (unpaired) electrons. The molecule has 0 saturated heterocycles. The maximum atomic E-state index is 6.62. The van der Waals surface area contributed by atoms with E-state index in [1.165, 1.54) is 0 Å². The van der Waals surface area contributed by atoms with Crippen molar-refractivity contribution in [1.82, 2.24) is 0 Å². The van der Waals surface area contributed by atoms with E-state index >= 15 is 0 Å². The van der Waals surface area contributed by atoms with Crippen LogP contribution in [-0.4, -0.2) is 10.5 Å². The minimum Gasteiger partial charge on any atom is -0.221 e. The largest absolute Gasteiger partial charge is 0.221 e. The molecule has 0 unspecified atom stereocenters. The van der Waals surface area contributed by atoms with Crippen molar-refractivity contribution in [2.24, 2.45) is 0 Å². The molecular weight excluding hydrogens is 151 g/mol. The quantitative estimate of drug-likeness (QED) is 0.291. The van der Waals surface area contributed by atoms with Gasteiger partial charge in [0.25, 0.3) is 0 Å². The molecule has 0 aromatic rings. The third-order valence-electron chi connectivity index (χ3n) is 0. The van der Waals surface area contributed by atoms with Crippen LogP contribution < -0.4 is 0 Å². The molecule has 0 fully saturated rings. The van der Waals surface area contributed by atoms with Crippen LogP contribution in [0.25, 0.3) is 0 Å². The van der Waals surface area contributed by atoms with Gasteiger partial charge in [0.05, 0.1) is 0 Å². The molecular formula is H2O3Rh. The first-order chi connectivity index (χ1) is 1.41.